The highest BCUT2D eigenvalue weighted by Crippen LogP contribution is 2.30. The van der Waals surface area contributed by atoms with Crippen molar-refractivity contribution in [3.63, 3.8) is 0 Å². The van der Waals surface area contributed by atoms with E-state index in [1.54, 1.807) is 0 Å². The quantitative estimate of drug-likeness (QED) is 0.683. The number of aryl methyl sites for hydroxylation is 1. The molecule has 0 unspecified atom stereocenters. The molecular weight excluding hydrogens is 362 g/mol. The van der Waals surface area contributed by atoms with Gasteiger partial charge in [0.25, 0.3) is 5.91 Å². The molecule has 0 aliphatic carbocycles. The molecule has 1 amide bonds. The van der Waals surface area contributed by atoms with Crippen LogP contribution in [0, 0.1) is 6.92 Å². The Hall–Kier alpha value is -2.48. The average molecular weight is 385 g/mol. The van der Waals surface area contributed by atoms with E-state index in [0.29, 0.717) is 24.9 Å². The van der Waals surface area contributed by atoms with Gasteiger partial charge in [-0.05, 0) is 31.9 Å². The Morgan fingerprint density at radius 3 is 2.56 bits per heavy atom. The van der Waals surface area contributed by atoms with Gasteiger partial charge in [0.2, 0.25) is 11.8 Å². The van der Waals surface area contributed by atoms with Crippen molar-refractivity contribution in [3.8, 4) is 5.13 Å². The molecule has 7 nitrogen and oxygen atoms in total. The number of carbonyl (C=O) groups is 1. The lowest BCUT2D eigenvalue weighted by molar-refractivity contribution is 0.0710. The molecule has 0 aromatic carbocycles. The monoisotopic (exact) mass is 385 g/mol. The standard InChI is InChI=1S/C19H23N5O2S/c1-12(2)16-21-22-17(26-16)14-6-10-23(11-7-14)18(25)15-13(3)20-19(27-15)24-8-4-5-9-24/h4-5,8-9,12,14H,6-7,10-11H2,1-3H3. The summed E-state index contributed by atoms with van der Waals surface area (Å²) in [5.41, 5.74) is 0.786. The third-order valence-electron chi connectivity index (χ3n) is 4.89. The Bertz CT molecular complexity index is 920. The van der Waals surface area contributed by atoms with Crippen molar-refractivity contribution >= 4 is 17.2 Å². The molecule has 142 valence electrons. The van der Waals surface area contributed by atoms with E-state index in [4.69, 9.17) is 4.42 Å². The minimum Gasteiger partial charge on any atom is -0.425 e. The molecule has 1 fully saturated rings. The van der Waals surface area contributed by atoms with Crippen LogP contribution in [0.2, 0.25) is 0 Å². The molecule has 0 N–H and O–H groups in total. The van der Waals surface area contributed by atoms with Crippen LogP contribution in [0.15, 0.2) is 28.9 Å². The Labute approximate surface area is 162 Å². The lowest BCUT2D eigenvalue weighted by Gasteiger charge is -2.30. The van der Waals surface area contributed by atoms with Gasteiger partial charge in [0.05, 0.1) is 5.69 Å². The van der Waals surface area contributed by atoms with Crippen molar-refractivity contribution in [2.24, 2.45) is 0 Å². The van der Waals surface area contributed by atoms with Crippen LogP contribution in [-0.4, -0.2) is 43.6 Å². The number of aromatic nitrogens is 4. The van der Waals surface area contributed by atoms with Crippen LogP contribution in [-0.2, 0) is 0 Å². The topological polar surface area (TPSA) is 77.1 Å². The minimum atomic E-state index is 0.0651. The highest BCUT2D eigenvalue weighted by atomic mass is 32.1. The average Bonchev–Trinajstić information content (AvgIpc) is 3.41. The number of hydrogen-bond donors (Lipinski definition) is 0. The van der Waals surface area contributed by atoms with Crippen LogP contribution in [0.5, 0.6) is 0 Å². The molecule has 0 atom stereocenters. The van der Waals surface area contributed by atoms with E-state index in [1.165, 1.54) is 11.3 Å². The maximum Gasteiger partial charge on any atom is 0.265 e. The Morgan fingerprint density at radius 1 is 1.22 bits per heavy atom. The molecule has 1 aliphatic rings. The summed E-state index contributed by atoms with van der Waals surface area (Å²) in [6.07, 6.45) is 5.56. The predicted molar refractivity (Wildman–Crippen MR) is 102 cm³/mol. The summed E-state index contributed by atoms with van der Waals surface area (Å²) in [5, 5.41) is 9.15. The van der Waals surface area contributed by atoms with Gasteiger partial charge in [0.15, 0.2) is 5.13 Å². The molecule has 4 heterocycles. The molecule has 3 aromatic rings. The summed E-state index contributed by atoms with van der Waals surface area (Å²) in [7, 11) is 0. The molecule has 0 radical (unpaired) electrons. The van der Waals surface area contributed by atoms with Crippen LogP contribution in [0.25, 0.3) is 5.13 Å². The molecule has 27 heavy (non-hydrogen) atoms. The normalized spacial score (nSPS) is 15.6. The number of hydrogen-bond acceptors (Lipinski definition) is 6. The van der Waals surface area contributed by atoms with Gasteiger partial charge in [-0.25, -0.2) is 4.98 Å². The molecule has 0 spiro atoms. The molecular formula is C19H23N5O2S. The first-order valence-corrected chi connectivity index (χ1v) is 10.1. The number of piperidine rings is 1. The predicted octanol–water partition coefficient (Wildman–Crippen LogP) is 3.77. The summed E-state index contributed by atoms with van der Waals surface area (Å²) < 4.78 is 7.73. The van der Waals surface area contributed by atoms with Crippen LogP contribution < -0.4 is 0 Å². The van der Waals surface area contributed by atoms with Crippen molar-refractivity contribution in [1.29, 1.82) is 0 Å². The van der Waals surface area contributed by atoms with Crippen LogP contribution >= 0.6 is 11.3 Å². The van der Waals surface area contributed by atoms with Gasteiger partial charge in [0, 0.05) is 37.3 Å². The number of thiazole rings is 1. The highest BCUT2D eigenvalue weighted by molar-refractivity contribution is 7.16. The molecule has 3 aromatic heterocycles. The van der Waals surface area contributed by atoms with Crippen LogP contribution in [0.3, 0.4) is 0 Å². The van der Waals surface area contributed by atoms with E-state index in [1.807, 2.05) is 54.8 Å². The fourth-order valence-electron chi connectivity index (χ4n) is 3.27. The zero-order chi connectivity index (χ0) is 19.0. The first-order chi connectivity index (χ1) is 13.0. The van der Waals surface area contributed by atoms with Gasteiger partial charge >= 0.3 is 0 Å². The lowest BCUT2D eigenvalue weighted by Crippen LogP contribution is -2.37. The third-order valence-corrected chi connectivity index (χ3v) is 6.05. The summed E-state index contributed by atoms with van der Waals surface area (Å²) in [5.74, 6) is 1.91. The fourth-order valence-corrected chi connectivity index (χ4v) is 4.27. The summed E-state index contributed by atoms with van der Waals surface area (Å²) >= 11 is 1.44. The zero-order valence-corrected chi connectivity index (χ0v) is 16.6. The number of likely N-dealkylation sites (tertiary alicyclic amines) is 1. The van der Waals surface area contributed by atoms with E-state index in [0.717, 1.165) is 28.5 Å². The Morgan fingerprint density at radius 2 is 1.93 bits per heavy atom. The van der Waals surface area contributed by atoms with E-state index >= 15 is 0 Å². The third kappa shape index (κ3) is 3.53. The van der Waals surface area contributed by atoms with Gasteiger partial charge in [0.1, 0.15) is 4.88 Å². The van der Waals surface area contributed by atoms with E-state index in [9.17, 15) is 4.79 Å². The molecule has 4 rings (SSSR count). The second kappa shape index (κ2) is 7.26. The van der Waals surface area contributed by atoms with Gasteiger partial charge in [-0.3, -0.25) is 4.79 Å². The second-order valence-corrected chi connectivity index (χ2v) is 8.18. The second-order valence-electron chi connectivity index (χ2n) is 7.20. The SMILES string of the molecule is Cc1nc(-n2cccc2)sc1C(=O)N1CCC(c2nnc(C(C)C)o2)CC1. The van der Waals surface area contributed by atoms with Crippen molar-refractivity contribution in [1.82, 2.24) is 24.6 Å². The summed E-state index contributed by atoms with van der Waals surface area (Å²) in [6, 6.07) is 3.90. The molecule has 0 saturated carbocycles. The fraction of sp³-hybridized carbons (Fsp3) is 0.474. The van der Waals surface area contributed by atoms with Crippen molar-refractivity contribution < 1.29 is 9.21 Å². The Kier molecular flexibility index (Phi) is 4.82. The first-order valence-electron chi connectivity index (χ1n) is 9.26. The van der Waals surface area contributed by atoms with Crippen molar-refractivity contribution in [3.05, 3.63) is 46.9 Å². The van der Waals surface area contributed by atoms with Gasteiger partial charge in [-0.2, -0.15) is 0 Å². The molecule has 8 heteroatoms. The van der Waals surface area contributed by atoms with E-state index in [-0.39, 0.29) is 17.7 Å². The maximum atomic E-state index is 13.0. The summed E-state index contributed by atoms with van der Waals surface area (Å²) in [6.45, 7) is 7.36. The number of amides is 1. The molecule has 0 bridgehead atoms. The zero-order valence-electron chi connectivity index (χ0n) is 15.8. The number of nitrogens with zero attached hydrogens (tertiary/aromatic N) is 5. The van der Waals surface area contributed by atoms with Crippen molar-refractivity contribution in [2.75, 3.05) is 13.1 Å². The Balaban J connectivity index is 1.43. The molecule has 1 saturated heterocycles. The lowest BCUT2D eigenvalue weighted by atomic mass is 9.96. The maximum absolute atomic E-state index is 13.0. The van der Waals surface area contributed by atoms with Crippen molar-refractivity contribution in [2.45, 2.75) is 45.4 Å². The van der Waals surface area contributed by atoms with E-state index in [2.05, 4.69) is 15.2 Å². The number of carbonyl (C=O) groups excluding carboxylic acids is 1. The smallest absolute Gasteiger partial charge is 0.265 e. The van der Waals surface area contributed by atoms with Gasteiger partial charge in [-0.15, -0.1) is 10.2 Å². The van der Waals surface area contributed by atoms with Gasteiger partial charge < -0.3 is 13.9 Å². The summed E-state index contributed by atoms with van der Waals surface area (Å²) in [4.78, 5) is 20.2. The molecule has 1 aliphatic heterocycles. The van der Waals surface area contributed by atoms with Gasteiger partial charge in [-0.1, -0.05) is 25.2 Å². The minimum absolute atomic E-state index is 0.0651. The largest absolute Gasteiger partial charge is 0.425 e. The van der Waals surface area contributed by atoms with Crippen LogP contribution in [0.1, 0.15) is 65.7 Å². The first kappa shape index (κ1) is 17.9. The van der Waals surface area contributed by atoms with Crippen LogP contribution in [0.4, 0.5) is 0 Å². The highest BCUT2D eigenvalue weighted by Gasteiger charge is 2.29. The number of rotatable bonds is 4. The van der Waals surface area contributed by atoms with E-state index < -0.39 is 0 Å².